The molecule has 0 unspecified atom stereocenters. The highest BCUT2D eigenvalue weighted by Crippen LogP contribution is 2.27. The van der Waals surface area contributed by atoms with Crippen molar-refractivity contribution in [1.82, 2.24) is 14.8 Å². The maximum atomic E-state index is 12.4. The Hall–Kier alpha value is -3.20. The number of aryl methyl sites for hydroxylation is 2. The number of para-hydroxylation sites is 1. The van der Waals surface area contributed by atoms with Crippen LogP contribution in [0.15, 0.2) is 47.6 Å². The molecule has 1 amide bonds. The van der Waals surface area contributed by atoms with E-state index in [1.54, 1.807) is 12.1 Å². The maximum Gasteiger partial charge on any atom is 0.270 e. The Morgan fingerprint density at radius 3 is 2.52 bits per heavy atom. The number of carbonyl (C=O) groups is 1. The number of thioether (sulfide) groups is 1. The summed E-state index contributed by atoms with van der Waals surface area (Å²) in [5.41, 5.74) is 3.45. The van der Waals surface area contributed by atoms with Crippen LogP contribution in [0.1, 0.15) is 18.1 Å². The van der Waals surface area contributed by atoms with Gasteiger partial charge in [-0.1, -0.05) is 42.1 Å². The highest BCUT2D eigenvalue weighted by Gasteiger charge is 2.17. The molecule has 0 aliphatic rings. The van der Waals surface area contributed by atoms with E-state index in [2.05, 4.69) is 15.5 Å². The molecular formula is C20H21N5O3S. The molecule has 3 rings (SSSR count). The van der Waals surface area contributed by atoms with Crippen molar-refractivity contribution in [2.75, 3.05) is 11.1 Å². The standard InChI is InChI=1S/C20H21N5O3S/c1-4-24-19(15-9-6-10-16(11-15)25(27)28)22-23-20(24)29-12-17(26)21-18-13(2)7-5-8-14(18)3/h5-11H,4,12H2,1-3H3,(H,21,26). The number of nitro groups is 1. The van der Waals surface area contributed by atoms with Gasteiger partial charge in [0.25, 0.3) is 5.69 Å². The lowest BCUT2D eigenvalue weighted by Crippen LogP contribution is -2.16. The van der Waals surface area contributed by atoms with Gasteiger partial charge in [0.05, 0.1) is 10.7 Å². The van der Waals surface area contributed by atoms with E-state index in [4.69, 9.17) is 0 Å². The first kappa shape index (κ1) is 20.5. The van der Waals surface area contributed by atoms with Gasteiger partial charge >= 0.3 is 0 Å². The van der Waals surface area contributed by atoms with Gasteiger partial charge in [-0.2, -0.15) is 0 Å². The molecule has 0 atom stereocenters. The summed E-state index contributed by atoms with van der Waals surface area (Å²) in [6, 6.07) is 12.1. The first-order valence-corrected chi connectivity index (χ1v) is 10.1. The van der Waals surface area contributed by atoms with Crippen molar-refractivity contribution in [2.45, 2.75) is 32.5 Å². The number of benzene rings is 2. The van der Waals surface area contributed by atoms with E-state index >= 15 is 0 Å². The Morgan fingerprint density at radius 1 is 1.17 bits per heavy atom. The molecule has 0 saturated carbocycles. The third-order valence-corrected chi connectivity index (χ3v) is 5.39. The molecule has 1 aromatic heterocycles. The Bertz CT molecular complexity index is 1040. The normalized spacial score (nSPS) is 10.7. The first-order chi connectivity index (χ1) is 13.9. The minimum absolute atomic E-state index is 0.00432. The number of anilines is 1. The molecule has 0 fully saturated rings. The number of carbonyl (C=O) groups excluding carboxylic acids is 1. The molecule has 1 N–H and O–H groups in total. The van der Waals surface area contributed by atoms with E-state index in [1.165, 1.54) is 23.9 Å². The molecule has 8 nitrogen and oxygen atoms in total. The molecular weight excluding hydrogens is 390 g/mol. The second-order valence-corrected chi connectivity index (χ2v) is 7.40. The lowest BCUT2D eigenvalue weighted by molar-refractivity contribution is -0.384. The van der Waals surface area contributed by atoms with Gasteiger partial charge in [0.2, 0.25) is 5.91 Å². The molecule has 29 heavy (non-hydrogen) atoms. The van der Waals surface area contributed by atoms with Gasteiger partial charge in [-0.25, -0.2) is 0 Å². The number of hydrogen-bond acceptors (Lipinski definition) is 6. The van der Waals surface area contributed by atoms with Crippen LogP contribution in [0.3, 0.4) is 0 Å². The van der Waals surface area contributed by atoms with E-state index in [0.717, 1.165) is 16.8 Å². The fourth-order valence-electron chi connectivity index (χ4n) is 2.97. The molecule has 0 bridgehead atoms. The Morgan fingerprint density at radius 2 is 1.86 bits per heavy atom. The SMILES string of the molecule is CCn1c(SCC(=O)Nc2c(C)cccc2C)nnc1-c1cccc([N+](=O)[O-])c1. The van der Waals surface area contributed by atoms with E-state index in [-0.39, 0.29) is 17.3 Å². The Kier molecular flexibility index (Phi) is 6.28. The van der Waals surface area contributed by atoms with Gasteiger partial charge < -0.3 is 9.88 Å². The van der Waals surface area contributed by atoms with Crippen molar-refractivity contribution in [3.8, 4) is 11.4 Å². The summed E-state index contributed by atoms with van der Waals surface area (Å²) in [4.78, 5) is 23.0. The van der Waals surface area contributed by atoms with Gasteiger partial charge in [0.15, 0.2) is 11.0 Å². The van der Waals surface area contributed by atoms with Gasteiger partial charge in [-0.15, -0.1) is 10.2 Å². The zero-order valence-corrected chi connectivity index (χ0v) is 17.2. The zero-order chi connectivity index (χ0) is 21.0. The number of rotatable bonds is 7. The van der Waals surface area contributed by atoms with Crippen molar-refractivity contribution < 1.29 is 9.72 Å². The van der Waals surface area contributed by atoms with Crippen LogP contribution in [-0.2, 0) is 11.3 Å². The number of nitrogens with zero attached hydrogens (tertiary/aromatic N) is 4. The predicted molar refractivity (Wildman–Crippen MR) is 113 cm³/mol. The Balaban J connectivity index is 1.75. The molecule has 9 heteroatoms. The largest absolute Gasteiger partial charge is 0.325 e. The van der Waals surface area contributed by atoms with E-state index in [9.17, 15) is 14.9 Å². The van der Waals surface area contributed by atoms with E-state index in [1.807, 2.05) is 43.5 Å². The van der Waals surface area contributed by atoms with Crippen molar-refractivity contribution in [1.29, 1.82) is 0 Å². The van der Waals surface area contributed by atoms with Gasteiger partial charge in [-0.3, -0.25) is 14.9 Å². The van der Waals surface area contributed by atoms with Crippen molar-refractivity contribution in [3.63, 3.8) is 0 Å². The highest BCUT2D eigenvalue weighted by molar-refractivity contribution is 7.99. The van der Waals surface area contributed by atoms with Crippen molar-refractivity contribution in [3.05, 3.63) is 63.7 Å². The molecule has 0 aliphatic heterocycles. The quantitative estimate of drug-likeness (QED) is 0.355. The van der Waals surface area contributed by atoms with Gasteiger partial charge in [0, 0.05) is 29.9 Å². The van der Waals surface area contributed by atoms with Crippen molar-refractivity contribution in [2.24, 2.45) is 0 Å². The molecule has 150 valence electrons. The molecule has 1 heterocycles. The Labute approximate surface area is 172 Å². The number of nitro benzene ring substituents is 1. The predicted octanol–water partition coefficient (Wildman–Crippen LogP) is 4.22. The second-order valence-electron chi connectivity index (χ2n) is 6.46. The van der Waals surface area contributed by atoms with Gasteiger partial charge in [0.1, 0.15) is 0 Å². The average Bonchev–Trinajstić information content (AvgIpc) is 3.12. The van der Waals surface area contributed by atoms with Crippen LogP contribution in [0, 0.1) is 24.0 Å². The summed E-state index contributed by atoms with van der Waals surface area (Å²) in [5.74, 6) is 0.588. The molecule has 0 spiro atoms. The van der Waals surface area contributed by atoms with E-state index < -0.39 is 4.92 Å². The lowest BCUT2D eigenvalue weighted by Gasteiger charge is -2.11. The lowest BCUT2D eigenvalue weighted by atomic mass is 10.1. The third-order valence-electron chi connectivity index (χ3n) is 4.43. The minimum Gasteiger partial charge on any atom is -0.325 e. The number of hydrogen-bond donors (Lipinski definition) is 1. The van der Waals surface area contributed by atoms with Crippen LogP contribution < -0.4 is 5.32 Å². The number of aromatic nitrogens is 3. The summed E-state index contributed by atoms with van der Waals surface area (Å²) >= 11 is 1.28. The summed E-state index contributed by atoms with van der Waals surface area (Å²) in [6.07, 6.45) is 0. The molecule has 3 aromatic rings. The fourth-order valence-corrected chi connectivity index (χ4v) is 3.77. The molecule has 0 aliphatic carbocycles. The van der Waals surface area contributed by atoms with Crippen LogP contribution >= 0.6 is 11.8 Å². The number of amides is 1. The molecule has 0 radical (unpaired) electrons. The number of non-ortho nitro benzene ring substituents is 1. The van der Waals surface area contributed by atoms with Crippen LogP contribution in [0.4, 0.5) is 11.4 Å². The second kappa shape index (κ2) is 8.87. The monoisotopic (exact) mass is 411 g/mol. The topological polar surface area (TPSA) is 103 Å². The third kappa shape index (κ3) is 4.62. The summed E-state index contributed by atoms with van der Waals surface area (Å²) in [7, 11) is 0. The van der Waals surface area contributed by atoms with Crippen LogP contribution in [-0.4, -0.2) is 31.3 Å². The molecule has 2 aromatic carbocycles. The van der Waals surface area contributed by atoms with Crippen LogP contribution in [0.25, 0.3) is 11.4 Å². The van der Waals surface area contributed by atoms with Crippen LogP contribution in [0.2, 0.25) is 0 Å². The van der Waals surface area contributed by atoms with E-state index in [0.29, 0.717) is 23.1 Å². The molecule has 0 saturated heterocycles. The number of nitrogens with one attached hydrogen (secondary N) is 1. The summed E-state index contributed by atoms with van der Waals surface area (Å²) in [5, 5.41) is 22.9. The van der Waals surface area contributed by atoms with Crippen molar-refractivity contribution >= 4 is 29.0 Å². The van der Waals surface area contributed by atoms with Gasteiger partial charge in [-0.05, 0) is 31.9 Å². The van der Waals surface area contributed by atoms with Crippen LogP contribution in [0.5, 0.6) is 0 Å². The fraction of sp³-hybridized carbons (Fsp3) is 0.250. The highest BCUT2D eigenvalue weighted by atomic mass is 32.2. The first-order valence-electron chi connectivity index (χ1n) is 9.07. The minimum atomic E-state index is -0.441. The smallest absolute Gasteiger partial charge is 0.270 e. The average molecular weight is 411 g/mol. The summed E-state index contributed by atoms with van der Waals surface area (Å²) in [6.45, 7) is 6.42. The summed E-state index contributed by atoms with van der Waals surface area (Å²) < 4.78 is 1.84. The zero-order valence-electron chi connectivity index (χ0n) is 16.4. The maximum absolute atomic E-state index is 12.4.